The molecule has 1 aromatic carbocycles. The Bertz CT molecular complexity index is 422. The fourth-order valence-electron chi connectivity index (χ4n) is 2.19. The number of hydrogen-bond donors (Lipinski definition) is 0. The van der Waals surface area contributed by atoms with Gasteiger partial charge in [0, 0.05) is 18.4 Å². The third-order valence-electron chi connectivity index (χ3n) is 3.10. The Morgan fingerprint density at radius 2 is 2.38 bits per heavy atom. The van der Waals surface area contributed by atoms with Gasteiger partial charge < -0.3 is 4.90 Å². The Labute approximate surface area is 105 Å². The second kappa shape index (κ2) is 4.88. The molecule has 0 N–H and O–H groups in total. The summed E-state index contributed by atoms with van der Waals surface area (Å²) in [6, 6.07) is 8.45. The Kier molecular flexibility index (Phi) is 3.50. The average Bonchev–Trinajstić information content (AvgIpc) is 2.74. The van der Waals surface area contributed by atoms with Crippen LogP contribution in [0.15, 0.2) is 18.2 Å². The fraction of sp³-hybridized carbons (Fsp3) is 0.462. The quantitative estimate of drug-likeness (QED) is 0.777. The van der Waals surface area contributed by atoms with Crippen LogP contribution in [0.2, 0.25) is 0 Å². The molecule has 0 spiro atoms. The number of alkyl halides is 1. The Balaban J connectivity index is 2.31. The van der Waals surface area contributed by atoms with Crippen molar-refractivity contribution in [2.24, 2.45) is 5.92 Å². The molecule has 1 aliphatic rings. The summed E-state index contributed by atoms with van der Waals surface area (Å²) in [5, 5.41) is 9.98. The molecule has 2 rings (SSSR count). The standard InChI is InChI=1S/C13H15BrN2/c1-10-4-5-16(9-10)13-3-2-11(7-14)6-12(13)8-15/h2-3,6,10H,4-5,7,9H2,1H3. The fourth-order valence-corrected chi connectivity index (χ4v) is 2.53. The van der Waals surface area contributed by atoms with Crippen LogP contribution in [0, 0.1) is 17.2 Å². The maximum atomic E-state index is 9.17. The van der Waals surface area contributed by atoms with Crippen LogP contribution in [0.5, 0.6) is 0 Å². The molecule has 0 radical (unpaired) electrons. The van der Waals surface area contributed by atoms with E-state index in [1.807, 2.05) is 6.07 Å². The minimum absolute atomic E-state index is 0.738. The molecule has 0 bridgehead atoms. The molecule has 1 heterocycles. The van der Waals surface area contributed by atoms with Crippen LogP contribution in [0.25, 0.3) is 0 Å². The molecule has 0 saturated carbocycles. The van der Waals surface area contributed by atoms with Crippen molar-refractivity contribution in [3.05, 3.63) is 29.3 Å². The highest BCUT2D eigenvalue weighted by Crippen LogP contribution is 2.27. The number of anilines is 1. The van der Waals surface area contributed by atoms with Crippen molar-refractivity contribution in [1.82, 2.24) is 0 Å². The van der Waals surface area contributed by atoms with Gasteiger partial charge in [0.25, 0.3) is 0 Å². The van der Waals surface area contributed by atoms with Crippen molar-refractivity contribution in [3.8, 4) is 6.07 Å². The lowest BCUT2D eigenvalue weighted by atomic mass is 10.1. The van der Waals surface area contributed by atoms with Crippen LogP contribution in [0.3, 0.4) is 0 Å². The zero-order valence-corrected chi connectivity index (χ0v) is 11.0. The zero-order valence-electron chi connectivity index (χ0n) is 9.41. The maximum Gasteiger partial charge on any atom is 0.101 e. The van der Waals surface area contributed by atoms with E-state index in [1.165, 1.54) is 6.42 Å². The van der Waals surface area contributed by atoms with E-state index in [9.17, 15) is 5.26 Å². The van der Waals surface area contributed by atoms with E-state index in [1.54, 1.807) is 0 Å². The molecule has 84 valence electrons. The molecule has 1 atom stereocenters. The number of hydrogen-bond acceptors (Lipinski definition) is 2. The van der Waals surface area contributed by atoms with Crippen LogP contribution in [0.1, 0.15) is 24.5 Å². The summed E-state index contributed by atoms with van der Waals surface area (Å²) in [5.74, 6) is 0.738. The van der Waals surface area contributed by atoms with E-state index >= 15 is 0 Å². The van der Waals surface area contributed by atoms with E-state index in [0.29, 0.717) is 0 Å². The van der Waals surface area contributed by atoms with Crippen LogP contribution in [-0.2, 0) is 5.33 Å². The van der Waals surface area contributed by atoms with Gasteiger partial charge >= 0.3 is 0 Å². The van der Waals surface area contributed by atoms with E-state index in [2.05, 4.69) is 46.0 Å². The first-order valence-corrected chi connectivity index (χ1v) is 6.70. The molecule has 0 aromatic heterocycles. The minimum Gasteiger partial charge on any atom is -0.370 e. The number of benzene rings is 1. The topological polar surface area (TPSA) is 27.0 Å². The summed E-state index contributed by atoms with van der Waals surface area (Å²) < 4.78 is 0. The smallest absolute Gasteiger partial charge is 0.101 e. The van der Waals surface area contributed by atoms with Gasteiger partial charge in [-0.2, -0.15) is 5.26 Å². The second-order valence-electron chi connectivity index (χ2n) is 4.44. The predicted molar refractivity (Wildman–Crippen MR) is 69.8 cm³/mol. The van der Waals surface area contributed by atoms with Gasteiger partial charge in [-0.3, -0.25) is 0 Å². The lowest BCUT2D eigenvalue weighted by Crippen LogP contribution is -2.20. The van der Waals surface area contributed by atoms with E-state index in [4.69, 9.17) is 0 Å². The van der Waals surface area contributed by atoms with Gasteiger partial charge in [0.15, 0.2) is 0 Å². The molecule has 1 fully saturated rings. The van der Waals surface area contributed by atoms with Crippen LogP contribution in [0.4, 0.5) is 5.69 Å². The molecular formula is C13H15BrN2. The Morgan fingerprint density at radius 1 is 1.56 bits per heavy atom. The summed E-state index contributed by atoms with van der Waals surface area (Å²) >= 11 is 3.42. The SMILES string of the molecule is CC1CCN(c2ccc(CBr)cc2C#N)C1. The average molecular weight is 279 g/mol. The molecule has 1 unspecified atom stereocenters. The summed E-state index contributed by atoms with van der Waals surface area (Å²) in [6.07, 6.45) is 1.23. The van der Waals surface area contributed by atoms with Crippen molar-refractivity contribution in [2.45, 2.75) is 18.7 Å². The molecule has 16 heavy (non-hydrogen) atoms. The normalized spacial score (nSPS) is 19.8. The van der Waals surface area contributed by atoms with E-state index in [0.717, 1.165) is 41.2 Å². The molecule has 2 nitrogen and oxygen atoms in total. The van der Waals surface area contributed by atoms with Gasteiger partial charge in [-0.1, -0.05) is 28.9 Å². The highest BCUT2D eigenvalue weighted by molar-refractivity contribution is 9.08. The first kappa shape index (κ1) is 11.5. The summed E-state index contributed by atoms with van der Waals surface area (Å²) in [7, 11) is 0. The molecule has 1 aliphatic heterocycles. The van der Waals surface area contributed by atoms with Crippen LogP contribution < -0.4 is 4.90 Å². The number of nitrogens with zero attached hydrogens (tertiary/aromatic N) is 2. The van der Waals surface area contributed by atoms with Crippen molar-refractivity contribution >= 4 is 21.6 Å². The summed E-state index contributed by atoms with van der Waals surface area (Å²) in [5.41, 5.74) is 3.05. The molecule has 0 amide bonds. The van der Waals surface area contributed by atoms with Crippen LogP contribution in [-0.4, -0.2) is 13.1 Å². The lowest BCUT2D eigenvalue weighted by Gasteiger charge is -2.19. The summed E-state index contributed by atoms with van der Waals surface area (Å²) in [4.78, 5) is 2.32. The monoisotopic (exact) mass is 278 g/mol. The molecule has 1 saturated heterocycles. The summed E-state index contributed by atoms with van der Waals surface area (Å²) in [6.45, 7) is 4.41. The third-order valence-corrected chi connectivity index (χ3v) is 3.75. The van der Waals surface area contributed by atoms with E-state index in [-0.39, 0.29) is 0 Å². The van der Waals surface area contributed by atoms with Crippen molar-refractivity contribution in [1.29, 1.82) is 5.26 Å². The predicted octanol–water partition coefficient (Wildman–Crippen LogP) is 3.30. The first-order valence-electron chi connectivity index (χ1n) is 5.58. The zero-order chi connectivity index (χ0) is 11.5. The molecule has 0 aliphatic carbocycles. The largest absolute Gasteiger partial charge is 0.370 e. The highest BCUT2D eigenvalue weighted by atomic mass is 79.9. The molecule has 1 aromatic rings. The number of rotatable bonds is 2. The lowest BCUT2D eigenvalue weighted by molar-refractivity contribution is 0.659. The highest BCUT2D eigenvalue weighted by Gasteiger charge is 2.20. The molecule has 3 heteroatoms. The van der Waals surface area contributed by atoms with Gasteiger partial charge in [-0.05, 0) is 30.0 Å². The Morgan fingerprint density at radius 3 is 2.94 bits per heavy atom. The van der Waals surface area contributed by atoms with Crippen molar-refractivity contribution < 1.29 is 0 Å². The van der Waals surface area contributed by atoms with Crippen LogP contribution >= 0.6 is 15.9 Å². The van der Waals surface area contributed by atoms with Gasteiger partial charge in [0.2, 0.25) is 0 Å². The maximum absolute atomic E-state index is 9.17. The van der Waals surface area contributed by atoms with Gasteiger partial charge in [-0.15, -0.1) is 0 Å². The second-order valence-corrected chi connectivity index (χ2v) is 5.00. The van der Waals surface area contributed by atoms with Gasteiger partial charge in [-0.25, -0.2) is 0 Å². The van der Waals surface area contributed by atoms with Gasteiger partial charge in [0.1, 0.15) is 6.07 Å². The number of halogens is 1. The van der Waals surface area contributed by atoms with Crippen molar-refractivity contribution in [2.75, 3.05) is 18.0 Å². The van der Waals surface area contributed by atoms with Crippen molar-refractivity contribution in [3.63, 3.8) is 0 Å². The first-order chi connectivity index (χ1) is 7.74. The Hall–Kier alpha value is -1.01. The van der Waals surface area contributed by atoms with Gasteiger partial charge in [0.05, 0.1) is 11.3 Å². The number of nitriles is 1. The third kappa shape index (κ3) is 2.22. The van der Waals surface area contributed by atoms with E-state index < -0.39 is 0 Å². The minimum atomic E-state index is 0.738. The molecular weight excluding hydrogens is 264 g/mol.